The Kier molecular flexibility index (Phi) is 4.16. The van der Waals surface area contributed by atoms with Crippen LogP contribution in [0, 0.1) is 0 Å². The molecular formula is C10H21NO2. The van der Waals surface area contributed by atoms with Gasteiger partial charge in [-0.15, -0.1) is 0 Å². The Bertz CT molecular complexity index is 152. The van der Waals surface area contributed by atoms with Crippen LogP contribution in [0.1, 0.15) is 26.7 Å². The van der Waals surface area contributed by atoms with E-state index in [4.69, 9.17) is 9.47 Å². The van der Waals surface area contributed by atoms with Gasteiger partial charge in [0.25, 0.3) is 0 Å². The van der Waals surface area contributed by atoms with Crippen molar-refractivity contribution < 1.29 is 9.47 Å². The Labute approximate surface area is 81.0 Å². The molecule has 1 heterocycles. The van der Waals surface area contributed by atoms with Crippen LogP contribution in [0.15, 0.2) is 0 Å². The highest BCUT2D eigenvalue weighted by Gasteiger charge is 2.27. The maximum absolute atomic E-state index is 5.69. The van der Waals surface area contributed by atoms with Crippen LogP contribution in [0.4, 0.5) is 0 Å². The van der Waals surface area contributed by atoms with E-state index in [9.17, 15) is 0 Å². The van der Waals surface area contributed by atoms with Crippen molar-refractivity contribution in [3.8, 4) is 0 Å². The van der Waals surface area contributed by atoms with E-state index in [2.05, 4.69) is 18.9 Å². The van der Waals surface area contributed by atoms with Crippen molar-refractivity contribution in [2.75, 3.05) is 20.7 Å². The maximum Gasteiger partial charge on any atom is 0.154 e. The molecule has 0 bridgehead atoms. The third-order valence-corrected chi connectivity index (χ3v) is 2.86. The van der Waals surface area contributed by atoms with E-state index in [0.717, 1.165) is 0 Å². The minimum atomic E-state index is -0.0935. The smallest absolute Gasteiger partial charge is 0.154 e. The second-order valence-corrected chi connectivity index (χ2v) is 3.83. The molecule has 0 N–H and O–H groups in total. The van der Waals surface area contributed by atoms with E-state index in [1.807, 2.05) is 6.92 Å². The molecule has 0 spiro atoms. The molecule has 1 rings (SSSR count). The summed E-state index contributed by atoms with van der Waals surface area (Å²) >= 11 is 0. The molecular weight excluding hydrogens is 166 g/mol. The third kappa shape index (κ3) is 2.93. The number of ether oxygens (including phenoxy) is 2. The van der Waals surface area contributed by atoms with E-state index in [1.165, 1.54) is 19.4 Å². The number of nitrogens with zero attached hydrogens (tertiary/aromatic N) is 1. The van der Waals surface area contributed by atoms with E-state index < -0.39 is 0 Å². The fourth-order valence-electron chi connectivity index (χ4n) is 1.98. The van der Waals surface area contributed by atoms with Gasteiger partial charge in [-0.25, -0.2) is 0 Å². The van der Waals surface area contributed by atoms with Crippen LogP contribution < -0.4 is 0 Å². The largest absolute Gasteiger partial charge is 0.356 e. The summed E-state index contributed by atoms with van der Waals surface area (Å²) in [5, 5.41) is 0. The van der Waals surface area contributed by atoms with Crippen molar-refractivity contribution in [1.29, 1.82) is 0 Å². The number of rotatable bonds is 4. The predicted molar refractivity (Wildman–Crippen MR) is 52.7 cm³/mol. The summed E-state index contributed by atoms with van der Waals surface area (Å²) in [4.78, 5) is 2.37. The fraction of sp³-hybridized carbons (Fsp3) is 1.00. The van der Waals surface area contributed by atoms with E-state index in [0.29, 0.717) is 6.04 Å². The maximum atomic E-state index is 5.69. The van der Waals surface area contributed by atoms with Crippen molar-refractivity contribution in [3.63, 3.8) is 0 Å². The SMILES string of the molecule is COC(C)OC(C)C1CCCN1C. The van der Waals surface area contributed by atoms with Crippen molar-refractivity contribution in [2.24, 2.45) is 0 Å². The number of likely N-dealkylation sites (tertiary alicyclic amines) is 1. The normalized spacial score (nSPS) is 29.1. The molecule has 1 saturated heterocycles. The molecule has 3 unspecified atom stereocenters. The molecule has 3 nitrogen and oxygen atoms in total. The lowest BCUT2D eigenvalue weighted by molar-refractivity contribution is -0.152. The first-order chi connectivity index (χ1) is 6.15. The van der Waals surface area contributed by atoms with Crippen molar-refractivity contribution in [1.82, 2.24) is 4.90 Å². The Morgan fingerprint density at radius 2 is 2.08 bits per heavy atom. The molecule has 1 fully saturated rings. The van der Waals surface area contributed by atoms with E-state index >= 15 is 0 Å². The topological polar surface area (TPSA) is 21.7 Å². The van der Waals surface area contributed by atoms with Crippen LogP contribution in [0.5, 0.6) is 0 Å². The van der Waals surface area contributed by atoms with Gasteiger partial charge in [0.05, 0.1) is 6.10 Å². The Balaban J connectivity index is 2.33. The van der Waals surface area contributed by atoms with Crippen LogP contribution in [0.3, 0.4) is 0 Å². The highest BCUT2D eigenvalue weighted by molar-refractivity contribution is 4.81. The molecule has 0 radical (unpaired) electrons. The second-order valence-electron chi connectivity index (χ2n) is 3.83. The molecule has 13 heavy (non-hydrogen) atoms. The Hall–Kier alpha value is -0.120. The molecule has 0 saturated carbocycles. The van der Waals surface area contributed by atoms with E-state index in [-0.39, 0.29) is 12.4 Å². The van der Waals surface area contributed by atoms with Gasteiger partial charge in [0.2, 0.25) is 0 Å². The molecule has 3 heteroatoms. The highest BCUT2D eigenvalue weighted by Crippen LogP contribution is 2.20. The van der Waals surface area contributed by atoms with Crippen molar-refractivity contribution in [2.45, 2.75) is 45.1 Å². The summed E-state index contributed by atoms with van der Waals surface area (Å²) in [6.07, 6.45) is 2.70. The minimum Gasteiger partial charge on any atom is -0.356 e. The molecule has 0 amide bonds. The monoisotopic (exact) mass is 187 g/mol. The number of hydrogen-bond donors (Lipinski definition) is 0. The van der Waals surface area contributed by atoms with E-state index in [1.54, 1.807) is 7.11 Å². The first-order valence-electron chi connectivity index (χ1n) is 5.03. The molecule has 1 aliphatic rings. The van der Waals surface area contributed by atoms with Crippen LogP contribution in [0.2, 0.25) is 0 Å². The van der Waals surface area contributed by atoms with Gasteiger partial charge in [0.15, 0.2) is 6.29 Å². The summed E-state index contributed by atoms with van der Waals surface area (Å²) in [6, 6.07) is 0.567. The van der Waals surface area contributed by atoms with Crippen LogP contribution in [0.25, 0.3) is 0 Å². The van der Waals surface area contributed by atoms with Gasteiger partial charge in [0.1, 0.15) is 0 Å². The molecule has 0 aliphatic carbocycles. The van der Waals surface area contributed by atoms with Crippen LogP contribution in [-0.2, 0) is 9.47 Å². The zero-order valence-corrected chi connectivity index (χ0v) is 9.12. The first-order valence-corrected chi connectivity index (χ1v) is 5.03. The summed E-state index contributed by atoms with van der Waals surface area (Å²) in [7, 11) is 3.84. The third-order valence-electron chi connectivity index (χ3n) is 2.86. The average Bonchev–Trinajstić information content (AvgIpc) is 2.51. The molecule has 0 aromatic heterocycles. The lowest BCUT2D eigenvalue weighted by Crippen LogP contribution is -2.38. The molecule has 0 aromatic rings. The van der Waals surface area contributed by atoms with Crippen LogP contribution >= 0.6 is 0 Å². The summed E-state index contributed by atoms with van der Waals surface area (Å²) in [6.45, 7) is 5.26. The quantitative estimate of drug-likeness (QED) is 0.622. The minimum absolute atomic E-state index is 0.0935. The highest BCUT2D eigenvalue weighted by atomic mass is 16.7. The molecule has 1 aliphatic heterocycles. The van der Waals surface area contributed by atoms with Crippen molar-refractivity contribution in [3.05, 3.63) is 0 Å². The predicted octanol–water partition coefficient (Wildman–Crippen LogP) is 1.48. The lowest BCUT2D eigenvalue weighted by Gasteiger charge is -2.28. The van der Waals surface area contributed by atoms with Gasteiger partial charge in [-0.1, -0.05) is 0 Å². The Morgan fingerprint density at radius 3 is 2.54 bits per heavy atom. The van der Waals surface area contributed by atoms with Gasteiger partial charge in [0, 0.05) is 13.2 Å². The fourth-order valence-corrected chi connectivity index (χ4v) is 1.98. The molecule has 0 aromatic carbocycles. The average molecular weight is 187 g/mol. The number of methoxy groups -OCH3 is 1. The van der Waals surface area contributed by atoms with Gasteiger partial charge < -0.3 is 14.4 Å². The van der Waals surface area contributed by atoms with Gasteiger partial charge in [-0.05, 0) is 40.3 Å². The molecule has 78 valence electrons. The second kappa shape index (κ2) is 4.94. The number of likely N-dealkylation sites (N-methyl/N-ethyl adjacent to an activating group) is 1. The van der Waals surface area contributed by atoms with Crippen molar-refractivity contribution >= 4 is 0 Å². The lowest BCUT2D eigenvalue weighted by atomic mass is 10.1. The standard InChI is InChI=1S/C10H21NO2/c1-8(13-9(2)12-4)10-6-5-7-11(10)3/h8-10H,5-7H2,1-4H3. The van der Waals surface area contributed by atoms with Crippen LogP contribution in [-0.4, -0.2) is 44.0 Å². The van der Waals surface area contributed by atoms with Gasteiger partial charge >= 0.3 is 0 Å². The zero-order chi connectivity index (χ0) is 9.84. The Morgan fingerprint density at radius 1 is 1.38 bits per heavy atom. The summed E-state index contributed by atoms with van der Waals surface area (Å²) < 4.78 is 10.8. The van der Waals surface area contributed by atoms with Gasteiger partial charge in [-0.2, -0.15) is 0 Å². The number of hydrogen-bond acceptors (Lipinski definition) is 3. The summed E-state index contributed by atoms with van der Waals surface area (Å²) in [5.74, 6) is 0. The summed E-state index contributed by atoms with van der Waals surface area (Å²) in [5.41, 5.74) is 0. The zero-order valence-electron chi connectivity index (χ0n) is 9.12. The molecule has 3 atom stereocenters. The first kappa shape index (κ1) is 11.0. The van der Waals surface area contributed by atoms with Gasteiger partial charge in [-0.3, -0.25) is 0 Å².